The molecule has 0 aliphatic heterocycles. The molecule has 1 saturated carbocycles. The number of aliphatic carboxylic acids is 1. The molecule has 3 rings (SSSR count). The summed E-state index contributed by atoms with van der Waals surface area (Å²) in [5.74, 6) is 0.113. The Morgan fingerprint density at radius 3 is 2.51 bits per heavy atom. The summed E-state index contributed by atoms with van der Waals surface area (Å²) in [6.07, 6.45) is 5.63. The van der Waals surface area contributed by atoms with Crippen LogP contribution in [-0.4, -0.2) is 41.1 Å². The van der Waals surface area contributed by atoms with Gasteiger partial charge in [-0.3, -0.25) is 15.1 Å². The summed E-state index contributed by atoms with van der Waals surface area (Å²) in [5, 5.41) is 17.4. The number of hydrogen-bond donors (Lipinski definition) is 4. The average molecular weight is 486 g/mol. The Hall–Kier alpha value is -3.69. The van der Waals surface area contributed by atoms with Crippen LogP contribution in [0, 0.1) is 23.6 Å². The number of anilines is 1. The number of ether oxygens (including phenoxy) is 1. The van der Waals surface area contributed by atoms with Crippen molar-refractivity contribution in [3.63, 3.8) is 0 Å². The highest BCUT2D eigenvalue weighted by Crippen LogP contribution is 2.28. The van der Waals surface area contributed by atoms with Crippen molar-refractivity contribution in [3.8, 4) is 11.6 Å². The van der Waals surface area contributed by atoms with E-state index in [2.05, 4.69) is 32.9 Å². The SMILES string of the molecule is CC1CCC(CN=C(NC(=O)NC[C@H](C)C(=O)O)Nc2ccc(Oc3ccc(F)cn3)cc2)CC1. The quantitative estimate of drug-likeness (QED) is 0.319. The van der Waals surface area contributed by atoms with Crippen molar-refractivity contribution in [2.75, 3.05) is 18.4 Å². The summed E-state index contributed by atoms with van der Waals surface area (Å²) in [7, 11) is 0. The van der Waals surface area contributed by atoms with Gasteiger partial charge >= 0.3 is 12.0 Å². The van der Waals surface area contributed by atoms with Crippen LogP contribution in [0.4, 0.5) is 14.9 Å². The molecule has 1 fully saturated rings. The normalized spacial score (nSPS) is 18.9. The number of carboxylic acid groups (broad SMARTS) is 1. The van der Waals surface area contributed by atoms with Crippen molar-refractivity contribution in [2.24, 2.45) is 22.7 Å². The molecule has 1 aromatic carbocycles. The molecule has 4 N–H and O–H groups in total. The summed E-state index contributed by atoms with van der Waals surface area (Å²) < 4.78 is 18.6. The van der Waals surface area contributed by atoms with Gasteiger partial charge in [-0.2, -0.15) is 0 Å². The number of hydrogen-bond acceptors (Lipinski definition) is 5. The average Bonchev–Trinajstić information content (AvgIpc) is 2.84. The molecule has 0 spiro atoms. The minimum atomic E-state index is -0.984. The molecule has 0 saturated heterocycles. The van der Waals surface area contributed by atoms with E-state index in [1.165, 1.54) is 31.9 Å². The number of carboxylic acids is 1. The summed E-state index contributed by atoms with van der Waals surface area (Å²) >= 11 is 0. The molecule has 1 atom stereocenters. The molecule has 0 bridgehead atoms. The van der Waals surface area contributed by atoms with Crippen LogP contribution in [0.15, 0.2) is 47.6 Å². The Balaban J connectivity index is 1.63. The molecule has 2 amide bonds. The fourth-order valence-corrected chi connectivity index (χ4v) is 3.61. The Morgan fingerprint density at radius 1 is 1.17 bits per heavy atom. The first kappa shape index (κ1) is 25.9. The van der Waals surface area contributed by atoms with Gasteiger partial charge in [-0.25, -0.2) is 14.2 Å². The molecule has 1 aromatic heterocycles. The van der Waals surface area contributed by atoms with Crippen molar-refractivity contribution >= 4 is 23.6 Å². The number of urea groups is 1. The van der Waals surface area contributed by atoms with Crippen LogP contribution in [0.25, 0.3) is 0 Å². The number of aliphatic imine (C=N–C) groups is 1. The lowest BCUT2D eigenvalue weighted by Gasteiger charge is -2.25. The monoisotopic (exact) mass is 485 g/mol. The fourth-order valence-electron chi connectivity index (χ4n) is 3.61. The fraction of sp³-hybridized carbons (Fsp3) is 0.440. The predicted molar refractivity (Wildman–Crippen MR) is 131 cm³/mol. The Bertz CT molecular complexity index is 1010. The third kappa shape index (κ3) is 8.88. The van der Waals surface area contributed by atoms with E-state index in [0.29, 0.717) is 23.9 Å². The van der Waals surface area contributed by atoms with Gasteiger partial charge in [0.05, 0.1) is 12.1 Å². The van der Waals surface area contributed by atoms with Crippen LogP contribution < -0.4 is 20.7 Å². The number of amides is 2. The first-order valence-electron chi connectivity index (χ1n) is 11.8. The van der Waals surface area contributed by atoms with E-state index in [-0.39, 0.29) is 18.4 Å². The van der Waals surface area contributed by atoms with Crippen LogP contribution >= 0.6 is 0 Å². The van der Waals surface area contributed by atoms with E-state index in [1.54, 1.807) is 24.3 Å². The van der Waals surface area contributed by atoms with Crippen molar-refractivity contribution in [2.45, 2.75) is 39.5 Å². The molecule has 1 aliphatic carbocycles. The van der Waals surface area contributed by atoms with Crippen LogP contribution in [0.2, 0.25) is 0 Å². The zero-order valence-electron chi connectivity index (χ0n) is 20.0. The summed E-state index contributed by atoms with van der Waals surface area (Å²) in [5.41, 5.74) is 0.666. The lowest BCUT2D eigenvalue weighted by Crippen LogP contribution is -2.44. The standard InChI is InChI=1S/C25H32FN5O4/c1-16-3-5-18(6-4-16)14-28-24(31-25(34)29-13-17(2)23(32)33)30-20-8-10-21(11-9-20)35-22-12-7-19(26)15-27-22/h7-12,15-18H,3-6,13-14H2,1-2H3,(H,32,33)(H3,28,29,30,31,34)/t16?,17-,18?/m0/s1. The summed E-state index contributed by atoms with van der Waals surface area (Å²) in [6.45, 7) is 4.36. The molecule has 1 heterocycles. The second-order valence-corrected chi connectivity index (χ2v) is 8.96. The second-order valence-electron chi connectivity index (χ2n) is 8.96. The highest BCUT2D eigenvalue weighted by atomic mass is 19.1. The lowest BCUT2D eigenvalue weighted by atomic mass is 9.83. The lowest BCUT2D eigenvalue weighted by molar-refractivity contribution is -0.140. The van der Waals surface area contributed by atoms with Crippen molar-refractivity contribution in [3.05, 3.63) is 48.4 Å². The molecule has 35 heavy (non-hydrogen) atoms. The molecule has 1 aliphatic rings. The van der Waals surface area contributed by atoms with Gasteiger partial charge < -0.3 is 20.5 Å². The van der Waals surface area contributed by atoms with Gasteiger partial charge in [0.2, 0.25) is 11.8 Å². The zero-order valence-corrected chi connectivity index (χ0v) is 20.0. The number of nitrogens with one attached hydrogen (secondary N) is 3. The van der Waals surface area contributed by atoms with Crippen molar-refractivity contribution in [1.29, 1.82) is 0 Å². The van der Waals surface area contributed by atoms with Crippen LogP contribution in [0.1, 0.15) is 39.5 Å². The van der Waals surface area contributed by atoms with Gasteiger partial charge in [-0.05, 0) is 55.0 Å². The number of aromatic nitrogens is 1. The topological polar surface area (TPSA) is 125 Å². The van der Waals surface area contributed by atoms with E-state index in [9.17, 15) is 14.0 Å². The molecule has 9 nitrogen and oxygen atoms in total. The highest BCUT2D eigenvalue weighted by Gasteiger charge is 2.18. The van der Waals surface area contributed by atoms with E-state index in [4.69, 9.17) is 9.84 Å². The number of carbonyl (C=O) groups excluding carboxylic acids is 1. The molecule has 0 radical (unpaired) electrons. The number of benzene rings is 1. The highest BCUT2D eigenvalue weighted by molar-refractivity contribution is 6.03. The molecular formula is C25H32FN5O4. The van der Waals surface area contributed by atoms with Gasteiger partial charge in [0.25, 0.3) is 0 Å². The number of guanidine groups is 1. The Morgan fingerprint density at radius 2 is 1.89 bits per heavy atom. The Labute approximate surface area is 204 Å². The molecular weight excluding hydrogens is 453 g/mol. The molecule has 2 aromatic rings. The van der Waals surface area contributed by atoms with Gasteiger partial charge in [0, 0.05) is 24.8 Å². The van der Waals surface area contributed by atoms with E-state index in [1.807, 2.05) is 0 Å². The minimum absolute atomic E-state index is 0.00157. The number of halogens is 1. The third-order valence-corrected chi connectivity index (χ3v) is 5.91. The summed E-state index contributed by atoms with van der Waals surface area (Å²) in [6, 6.07) is 9.09. The van der Waals surface area contributed by atoms with E-state index >= 15 is 0 Å². The first-order chi connectivity index (χ1) is 16.8. The largest absolute Gasteiger partial charge is 0.481 e. The van der Waals surface area contributed by atoms with Gasteiger partial charge in [0.1, 0.15) is 11.6 Å². The molecule has 0 unspecified atom stereocenters. The Kier molecular flexibility index (Phi) is 9.39. The molecule has 188 valence electrons. The van der Waals surface area contributed by atoms with Crippen molar-refractivity contribution < 1.29 is 23.8 Å². The smallest absolute Gasteiger partial charge is 0.321 e. The van der Waals surface area contributed by atoms with E-state index < -0.39 is 23.7 Å². The second kappa shape index (κ2) is 12.7. The van der Waals surface area contributed by atoms with Crippen LogP contribution in [-0.2, 0) is 4.79 Å². The molecule has 10 heteroatoms. The first-order valence-corrected chi connectivity index (χ1v) is 11.8. The number of rotatable bonds is 8. The van der Waals surface area contributed by atoms with E-state index in [0.717, 1.165) is 25.0 Å². The van der Waals surface area contributed by atoms with Crippen LogP contribution in [0.3, 0.4) is 0 Å². The maximum Gasteiger partial charge on any atom is 0.321 e. The third-order valence-electron chi connectivity index (χ3n) is 5.91. The van der Waals surface area contributed by atoms with Gasteiger partial charge in [0.15, 0.2) is 0 Å². The number of nitrogens with zero attached hydrogens (tertiary/aromatic N) is 2. The number of pyridine rings is 1. The van der Waals surface area contributed by atoms with Gasteiger partial charge in [-0.15, -0.1) is 0 Å². The number of carbonyl (C=O) groups is 2. The zero-order chi connectivity index (χ0) is 25.2. The minimum Gasteiger partial charge on any atom is -0.481 e. The van der Waals surface area contributed by atoms with Crippen molar-refractivity contribution in [1.82, 2.24) is 15.6 Å². The van der Waals surface area contributed by atoms with Crippen LogP contribution in [0.5, 0.6) is 11.6 Å². The predicted octanol–water partition coefficient (Wildman–Crippen LogP) is 4.63. The maximum absolute atomic E-state index is 13.0. The maximum atomic E-state index is 13.0. The summed E-state index contributed by atoms with van der Waals surface area (Å²) in [4.78, 5) is 31.8. The van der Waals surface area contributed by atoms with Gasteiger partial charge in [-0.1, -0.05) is 26.7 Å².